The maximum absolute atomic E-state index is 6.13. The van der Waals surface area contributed by atoms with Gasteiger partial charge in [-0.1, -0.05) is 6.07 Å². The average molecular weight is 249 g/mol. The first kappa shape index (κ1) is 13.4. The molecular weight excluding hydrogens is 226 g/mol. The normalized spacial score (nSPS) is 18.8. The zero-order chi connectivity index (χ0) is 13.0. The number of hydrogen-bond acceptors (Lipinski definition) is 3. The summed E-state index contributed by atoms with van der Waals surface area (Å²) in [6, 6.07) is 6.44. The Balaban J connectivity index is 1.92. The summed E-state index contributed by atoms with van der Waals surface area (Å²) in [5.41, 5.74) is 8.76. The van der Waals surface area contributed by atoms with Crippen LogP contribution in [0, 0.1) is 0 Å². The quantitative estimate of drug-likeness (QED) is 0.816. The maximum atomic E-state index is 6.13. The van der Waals surface area contributed by atoms with Gasteiger partial charge in [0, 0.05) is 6.04 Å². The summed E-state index contributed by atoms with van der Waals surface area (Å²) in [4.78, 5) is 0. The molecule has 1 aliphatic carbocycles. The molecule has 2 N–H and O–H groups in total. The van der Waals surface area contributed by atoms with E-state index < -0.39 is 0 Å². The summed E-state index contributed by atoms with van der Waals surface area (Å²) in [7, 11) is 0. The number of nitrogens with two attached hydrogens (primary N) is 1. The molecule has 3 nitrogen and oxygen atoms in total. The van der Waals surface area contributed by atoms with E-state index in [0.717, 1.165) is 18.6 Å². The van der Waals surface area contributed by atoms with Crippen molar-refractivity contribution in [3.8, 4) is 5.75 Å². The van der Waals surface area contributed by atoms with Crippen molar-refractivity contribution >= 4 is 0 Å². The van der Waals surface area contributed by atoms with E-state index in [2.05, 4.69) is 12.1 Å². The van der Waals surface area contributed by atoms with E-state index in [-0.39, 0.29) is 12.1 Å². The Labute approximate surface area is 109 Å². The first-order valence-corrected chi connectivity index (χ1v) is 6.79. The zero-order valence-electron chi connectivity index (χ0n) is 11.3. The minimum absolute atomic E-state index is 0.171. The lowest BCUT2D eigenvalue weighted by atomic mass is 9.88. The summed E-state index contributed by atoms with van der Waals surface area (Å²) >= 11 is 0. The van der Waals surface area contributed by atoms with Gasteiger partial charge >= 0.3 is 0 Å². The molecule has 0 unspecified atom stereocenters. The summed E-state index contributed by atoms with van der Waals surface area (Å²) in [6.07, 6.45) is 3.66. The van der Waals surface area contributed by atoms with Crippen molar-refractivity contribution in [3.05, 3.63) is 29.3 Å². The van der Waals surface area contributed by atoms with Crippen LogP contribution in [-0.2, 0) is 11.2 Å². The molecule has 1 aliphatic rings. The van der Waals surface area contributed by atoms with Gasteiger partial charge in [-0.3, -0.25) is 0 Å². The van der Waals surface area contributed by atoms with Crippen molar-refractivity contribution < 1.29 is 9.47 Å². The minimum Gasteiger partial charge on any atom is -0.491 e. The molecule has 0 saturated carbocycles. The lowest BCUT2D eigenvalue weighted by Gasteiger charge is -2.22. The first-order chi connectivity index (χ1) is 8.66. The molecule has 3 heteroatoms. The summed E-state index contributed by atoms with van der Waals surface area (Å²) in [5.74, 6) is 0.901. The van der Waals surface area contributed by atoms with Crippen LogP contribution in [0.2, 0.25) is 0 Å². The van der Waals surface area contributed by atoms with E-state index in [1.165, 1.54) is 17.5 Å². The largest absolute Gasteiger partial charge is 0.491 e. The van der Waals surface area contributed by atoms with Crippen LogP contribution in [0.3, 0.4) is 0 Å². The van der Waals surface area contributed by atoms with Crippen molar-refractivity contribution in [2.24, 2.45) is 5.73 Å². The molecule has 1 aromatic rings. The molecule has 0 aromatic heterocycles. The predicted molar refractivity (Wildman–Crippen MR) is 72.9 cm³/mol. The van der Waals surface area contributed by atoms with Crippen LogP contribution < -0.4 is 10.5 Å². The smallest absolute Gasteiger partial charge is 0.119 e. The highest BCUT2D eigenvalue weighted by molar-refractivity contribution is 5.39. The van der Waals surface area contributed by atoms with Gasteiger partial charge in [0.2, 0.25) is 0 Å². The molecular formula is C15H23NO2. The van der Waals surface area contributed by atoms with E-state index >= 15 is 0 Å². The first-order valence-electron chi connectivity index (χ1n) is 6.79. The van der Waals surface area contributed by atoms with Gasteiger partial charge in [-0.25, -0.2) is 0 Å². The summed E-state index contributed by atoms with van der Waals surface area (Å²) in [5, 5.41) is 0. The van der Waals surface area contributed by atoms with Crippen LogP contribution in [0.4, 0.5) is 0 Å². The molecule has 0 radical (unpaired) electrons. The van der Waals surface area contributed by atoms with Crippen LogP contribution in [0.1, 0.15) is 43.9 Å². The molecule has 0 spiro atoms. The molecule has 0 heterocycles. The fourth-order valence-electron chi connectivity index (χ4n) is 2.35. The zero-order valence-corrected chi connectivity index (χ0v) is 11.3. The number of hydrogen-bond donors (Lipinski definition) is 1. The molecule has 0 fully saturated rings. The van der Waals surface area contributed by atoms with Gasteiger partial charge in [0.25, 0.3) is 0 Å². The summed E-state index contributed by atoms with van der Waals surface area (Å²) in [6.45, 7) is 5.27. The highest BCUT2D eigenvalue weighted by Crippen LogP contribution is 2.30. The molecule has 100 valence electrons. The standard InChI is InChI=1S/C15H23NO2/c1-11(2)17-8-9-18-13-7-6-12-4-3-5-15(16)14(12)10-13/h6-7,10-11,15H,3-5,8-9,16H2,1-2H3/t15-/m0/s1. The van der Waals surface area contributed by atoms with E-state index in [4.69, 9.17) is 15.2 Å². The highest BCUT2D eigenvalue weighted by atomic mass is 16.5. The van der Waals surface area contributed by atoms with E-state index in [1.54, 1.807) is 0 Å². The second kappa shape index (κ2) is 6.21. The van der Waals surface area contributed by atoms with Crippen molar-refractivity contribution in [2.45, 2.75) is 45.3 Å². The molecule has 0 amide bonds. The minimum atomic E-state index is 0.171. The van der Waals surface area contributed by atoms with Crippen molar-refractivity contribution in [1.29, 1.82) is 0 Å². The fourth-order valence-corrected chi connectivity index (χ4v) is 2.35. The number of benzene rings is 1. The van der Waals surface area contributed by atoms with Gasteiger partial charge in [0.05, 0.1) is 12.7 Å². The molecule has 2 rings (SSSR count). The second-order valence-corrected chi connectivity index (χ2v) is 5.13. The van der Waals surface area contributed by atoms with Crippen LogP contribution in [-0.4, -0.2) is 19.3 Å². The molecule has 1 aromatic carbocycles. The Bertz CT molecular complexity index is 390. The van der Waals surface area contributed by atoms with Crippen molar-refractivity contribution in [2.75, 3.05) is 13.2 Å². The van der Waals surface area contributed by atoms with Gasteiger partial charge < -0.3 is 15.2 Å². The highest BCUT2D eigenvalue weighted by Gasteiger charge is 2.17. The Kier molecular flexibility index (Phi) is 4.61. The van der Waals surface area contributed by atoms with Gasteiger partial charge in [0.1, 0.15) is 12.4 Å². The van der Waals surface area contributed by atoms with Crippen LogP contribution >= 0.6 is 0 Å². The summed E-state index contributed by atoms with van der Waals surface area (Å²) < 4.78 is 11.1. The lowest BCUT2D eigenvalue weighted by molar-refractivity contribution is 0.0552. The van der Waals surface area contributed by atoms with E-state index in [1.807, 2.05) is 19.9 Å². The van der Waals surface area contributed by atoms with Gasteiger partial charge in [-0.15, -0.1) is 0 Å². The Morgan fingerprint density at radius 2 is 2.17 bits per heavy atom. The Morgan fingerprint density at radius 1 is 1.33 bits per heavy atom. The third-order valence-corrected chi connectivity index (χ3v) is 3.28. The third kappa shape index (κ3) is 3.47. The van der Waals surface area contributed by atoms with Crippen molar-refractivity contribution in [1.82, 2.24) is 0 Å². The monoisotopic (exact) mass is 249 g/mol. The van der Waals surface area contributed by atoms with Gasteiger partial charge in [-0.05, 0) is 56.4 Å². The second-order valence-electron chi connectivity index (χ2n) is 5.13. The topological polar surface area (TPSA) is 44.5 Å². The third-order valence-electron chi connectivity index (χ3n) is 3.28. The number of rotatable bonds is 5. The predicted octanol–water partition coefficient (Wildman–Crippen LogP) is 2.83. The molecule has 0 saturated heterocycles. The molecule has 18 heavy (non-hydrogen) atoms. The molecule has 0 aliphatic heterocycles. The number of ether oxygens (including phenoxy) is 2. The SMILES string of the molecule is CC(C)OCCOc1ccc2c(c1)[C@@H](N)CCC2. The average Bonchev–Trinajstić information content (AvgIpc) is 2.35. The number of fused-ring (bicyclic) bond motifs is 1. The lowest BCUT2D eigenvalue weighted by Crippen LogP contribution is -2.17. The molecule has 0 bridgehead atoms. The van der Waals surface area contributed by atoms with Crippen LogP contribution in [0.25, 0.3) is 0 Å². The number of aryl methyl sites for hydroxylation is 1. The van der Waals surface area contributed by atoms with Gasteiger partial charge in [-0.2, -0.15) is 0 Å². The maximum Gasteiger partial charge on any atom is 0.119 e. The van der Waals surface area contributed by atoms with Crippen molar-refractivity contribution in [3.63, 3.8) is 0 Å². The Hall–Kier alpha value is -1.06. The fraction of sp³-hybridized carbons (Fsp3) is 0.600. The molecule has 1 atom stereocenters. The Morgan fingerprint density at radius 3 is 2.94 bits per heavy atom. The van der Waals surface area contributed by atoms with E-state index in [9.17, 15) is 0 Å². The van der Waals surface area contributed by atoms with Crippen LogP contribution in [0.5, 0.6) is 5.75 Å². The van der Waals surface area contributed by atoms with E-state index in [0.29, 0.717) is 13.2 Å². The van der Waals surface area contributed by atoms with Gasteiger partial charge in [0.15, 0.2) is 0 Å². The van der Waals surface area contributed by atoms with Crippen LogP contribution in [0.15, 0.2) is 18.2 Å².